The highest BCUT2D eigenvalue weighted by Gasteiger charge is 2.44. The number of nitrogens with one attached hydrogen (secondary N) is 1. The van der Waals surface area contributed by atoms with Crippen LogP contribution in [0.1, 0.15) is 245 Å². The topological polar surface area (TPSA) is 175 Å². The van der Waals surface area contributed by atoms with Crippen molar-refractivity contribution < 1.29 is 49.3 Å². The number of hydrogen-bond donors (Lipinski definition) is 6. The molecule has 7 atom stereocenters. The minimum Gasteiger partial charge on any atom is -0.466 e. The van der Waals surface area contributed by atoms with Crippen molar-refractivity contribution in [3.63, 3.8) is 0 Å². The van der Waals surface area contributed by atoms with E-state index in [0.29, 0.717) is 19.4 Å². The molecular weight excluding hydrogens is 871 g/mol. The summed E-state index contributed by atoms with van der Waals surface area (Å²) in [6, 6.07) is -0.838. The zero-order valence-electron chi connectivity index (χ0n) is 44.0. The molecule has 1 aliphatic heterocycles. The second kappa shape index (κ2) is 47.9. The van der Waals surface area contributed by atoms with Gasteiger partial charge in [0.25, 0.3) is 0 Å². The Morgan fingerprint density at radius 2 is 0.957 bits per heavy atom. The molecule has 402 valence electrons. The number of ether oxygens (including phenoxy) is 3. The molecule has 1 saturated heterocycles. The molecule has 0 saturated carbocycles. The molecule has 0 aromatic rings. The number of unbranched alkanes of at least 4 members (excludes halogenated alkanes) is 28. The van der Waals surface area contributed by atoms with Crippen molar-refractivity contribution in [3.8, 4) is 0 Å². The van der Waals surface area contributed by atoms with Crippen LogP contribution < -0.4 is 5.32 Å². The SMILES string of the molecule is CCCC/C=C\CCCCCCCC(=O)OCCCCCCCCCCC/C=C\CCCCCCCC(=O)NC(COC1OC(CO)C(O)C(O)C1O)C(O)/C=C/CC/C=C/CCCCCCCC. The number of rotatable bonds is 48. The maximum Gasteiger partial charge on any atom is 0.305 e. The van der Waals surface area contributed by atoms with Crippen molar-refractivity contribution >= 4 is 11.9 Å². The number of esters is 1. The van der Waals surface area contributed by atoms with Crippen molar-refractivity contribution in [3.05, 3.63) is 48.6 Å². The molecule has 0 aliphatic carbocycles. The second-order valence-electron chi connectivity index (χ2n) is 19.6. The molecule has 1 aliphatic rings. The van der Waals surface area contributed by atoms with Gasteiger partial charge in [0, 0.05) is 12.8 Å². The average Bonchev–Trinajstić information content (AvgIpc) is 3.34. The van der Waals surface area contributed by atoms with E-state index in [4.69, 9.17) is 14.2 Å². The summed E-state index contributed by atoms with van der Waals surface area (Å²) in [6.45, 7) is 4.24. The summed E-state index contributed by atoms with van der Waals surface area (Å²) in [6.07, 6.45) is 49.1. The molecule has 0 aromatic heterocycles. The third-order valence-electron chi connectivity index (χ3n) is 13.1. The Morgan fingerprint density at radius 3 is 1.48 bits per heavy atom. The highest BCUT2D eigenvalue weighted by atomic mass is 16.7. The van der Waals surface area contributed by atoms with Crippen molar-refractivity contribution in [2.24, 2.45) is 0 Å². The molecule has 1 fully saturated rings. The summed E-state index contributed by atoms with van der Waals surface area (Å²) in [5.74, 6) is -0.233. The third-order valence-corrected chi connectivity index (χ3v) is 13.1. The zero-order valence-corrected chi connectivity index (χ0v) is 44.0. The first-order valence-electron chi connectivity index (χ1n) is 28.4. The number of aliphatic hydroxyl groups excluding tert-OH is 5. The number of aliphatic hydroxyl groups is 5. The van der Waals surface area contributed by atoms with Gasteiger partial charge >= 0.3 is 5.97 Å². The van der Waals surface area contributed by atoms with Crippen LogP contribution in [0.15, 0.2) is 48.6 Å². The smallest absolute Gasteiger partial charge is 0.305 e. The van der Waals surface area contributed by atoms with E-state index in [2.05, 4.69) is 55.6 Å². The maximum absolute atomic E-state index is 13.0. The van der Waals surface area contributed by atoms with Crippen LogP contribution in [0.2, 0.25) is 0 Å². The van der Waals surface area contributed by atoms with Gasteiger partial charge in [0.15, 0.2) is 6.29 Å². The van der Waals surface area contributed by atoms with E-state index < -0.39 is 49.5 Å². The lowest BCUT2D eigenvalue weighted by Crippen LogP contribution is -2.60. The van der Waals surface area contributed by atoms with Gasteiger partial charge in [-0.05, 0) is 89.9 Å². The number of amides is 1. The monoisotopic (exact) mass is 976 g/mol. The molecule has 7 unspecified atom stereocenters. The Kier molecular flexibility index (Phi) is 44.9. The number of carbonyl (C=O) groups is 2. The Labute approximate surface area is 421 Å². The van der Waals surface area contributed by atoms with Crippen LogP contribution in [0.3, 0.4) is 0 Å². The maximum atomic E-state index is 13.0. The van der Waals surface area contributed by atoms with E-state index in [0.717, 1.165) is 89.9 Å². The highest BCUT2D eigenvalue weighted by Crippen LogP contribution is 2.23. The minimum atomic E-state index is -1.58. The van der Waals surface area contributed by atoms with Crippen LogP contribution in [0.5, 0.6) is 0 Å². The van der Waals surface area contributed by atoms with Gasteiger partial charge < -0.3 is 45.1 Å². The molecule has 69 heavy (non-hydrogen) atoms. The molecule has 1 amide bonds. The van der Waals surface area contributed by atoms with E-state index >= 15 is 0 Å². The fourth-order valence-corrected chi connectivity index (χ4v) is 8.54. The van der Waals surface area contributed by atoms with Gasteiger partial charge in [-0.2, -0.15) is 0 Å². The first-order valence-corrected chi connectivity index (χ1v) is 28.4. The fraction of sp³-hybridized carbons (Fsp3) is 0.828. The molecule has 0 spiro atoms. The Bertz CT molecular complexity index is 1290. The van der Waals surface area contributed by atoms with Crippen LogP contribution in [-0.2, 0) is 23.8 Å². The van der Waals surface area contributed by atoms with E-state index in [1.54, 1.807) is 6.08 Å². The first-order chi connectivity index (χ1) is 33.7. The van der Waals surface area contributed by atoms with Gasteiger partial charge in [-0.1, -0.05) is 191 Å². The molecule has 1 rings (SSSR count). The quantitative estimate of drug-likeness (QED) is 0.0196. The lowest BCUT2D eigenvalue weighted by atomic mass is 9.99. The van der Waals surface area contributed by atoms with Gasteiger partial charge in [0.1, 0.15) is 24.4 Å². The summed E-state index contributed by atoms with van der Waals surface area (Å²) in [7, 11) is 0. The largest absolute Gasteiger partial charge is 0.466 e. The van der Waals surface area contributed by atoms with Crippen LogP contribution in [-0.4, -0.2) is 100 Å². The van der Waals surface area contributed by atoms with Crippen LogP contribution in [0.25, 0.3) is 0 Å². The lowest BCUT2D eigenvalue weighted by Gasteiger charge is -2.40. The molecule has 1 heterocycles. The molecule has 0 radical (unpaired) electrons. The average molecular weight is 976 g/mol. The van der Waals surface area contributed by atoms with Gasteiger partial charge in [-0.15, -0.1) is 0 Å². The molecular formula is C58H105NO10. The standard InChI is InChI=1S/C58H105NO10/c1-3-5-7-9-11-13-15-25-28-32-36-40-44-51(61)50(49-68-58-57(66)56(65)55(64)52(48-60)69-58)59-53(62)45-41-37-33-29-26-22-20-18-16-17-19-21-23-27-31-35-39-43-47-67-54(63)46-42-38-34-30-24-14-12-10-8-6-4-2/h10,12,18,20,25,28,40,44,50-52,55-58,60-61,64-66H,3-9,11,13-17,19,21-24,26-27,29-39,41-43,45-49H2,1-2H3,(H,59,62)/b12-10-,20-18-,28-25+,44-40+. The normalized spacial score (nSPS) is 19.7. The van der Waals surface area contributed by atoms with Gasteiger partial charge in [0.2, 0.25) is 5.91 Å². The third kappa shape index (κ3) is 38.0. The van der Waals surface area contributed by atoms with Crippen LogP contribution in [0, 0.1) is 0 Å². The summed E-state index contributed by atoms with van der Waals surface area (Å²) in [5, 5.41) is 54.2. The Morgan fingerprint density at radius 1 is 0.522 bits per heavy atom. The first kappa shape index (κ1) is 64.6. The van der Waals surface area contributed by atoms with Crippen molar-refractivity contribution in [2.75, 3.05) is 19.8 Å². The van der Waals surface area contributed by atoms with Crippen LogP contribution >= 0.6 is 0 Å². The number of carbonyl (C=O) groups excluding carboxylic acids is 2. The van der Waals surface area contributed by atoms with Gasteiger partial charge in [-0.3, -0.25) is 9.59 Å². The summed E-state index contributed by atoms with van der Waals surface area (Å²) in [4.78, 5) is 25.0. The van der Waals surface area contributed by atoms with Crippen LogP contribution in [0.4, 0.5) is 0 Å². The van der Waals surface area contributed by atoms with E-state index in [1.165, 1.54) is 128 Å². The summed E-state index contributed by atoms with van der Waals surface area (Å²) < 4.78 is 16.6. The second-order valence-corrected chi connectivity index (χ2v) is 19.6. The minimum absolute atomic E-state index is 0.0253. The van der Waals surface area contributed by atoms with Crippen molar-refractivity contribution in [2.45, 2.75) is 288 Å². The molecule has 0 aromatic carbocycles. The zero-order chi connectivity index (χ0) is 50.3. The van der Waals surface area contributed by atoms with Crippen molar-refractivity contribution in [1.29, 1.82) is 0 Å². The van der Waals surface area contributed by atoms with E-state index in [9.17, 15) is 35.1 Å². The predicted octanol–water partition coefficient (Wildman–Crippen LogP) is 12.5. The van der Waals surface area contributed by atoms with Crippen molar-refractivity contribution in [1.82, 2.24) is 5.32 Å². The summed E-state index contributed by atoms with van der Waals surface area (Å²) >= 11 is 0. The lowest BCUT2D eigenvalue weighted by molar-refractivity contribution is -0.302. The Balaban J connectivity index is 2.14. The van der Waals surface area contributed by atoms with E-state index in [-0.39, 0.29) is 18.5 Å². The Hall–Kier alpha value is -2.38. The predicted molar refractivity (Wildman–Crippen MR) is 283 cm³/mol. The number of allylic oxidation sites excluding steroid dienone is 7. The molecule has 0 bridgehead atoms. The highest BCUT2D eigenvalue weighted by molar-refractivity contribution is 5.76. The number of hydrogen-bond acceptors (Lipinski definition) is 10. The van der Waals surface area contributed by atoms with Gasteiger partial charge in [-0.25, -0.2) is 0 Å². The van der Waals surface area contributed by atoms with E-state index in [1.807, 2.05) is 6.08 Å². The molecule has 11 heteroatoms. The fourth-order valence-electron chi connectivity index (χ4n) is 8.54. The molecule has 11 nitrogen and oxygen atoms in total. The molecule has 6 N–H and O–H groups in total. The van der Waals surface area contributed by atoms with Gasteiger partial charge in [0.05, 0.1) is 32.0 Å². The summed E-state index contributed by atoms with van der Waals surface area (Å²) in [5.41, 5.74) is 0.